The maximum absolute atomic E-state index is 12.3. The summed E-state index contributed by atoms with van der Waals surface area (Å²) in [4.78, 5) is 15.4. The first kappa shape index (κ1) is 19.8. The number of nitrogens with two attached hydrogens (primary N) is 1. The van der Waals surface area contributed by atoms with Gasteiger partial charge in [0.2, 0.25) is 5.90 Å². The van der Waals surface area contributed by atoms with Crippen LogP contribution in [0.2, 0.25) is 5.02 Å². The number of nitrogens with zero attached hydrogens (tertiary/aromatic N) is 1. The number of carbonyl (C=O) groups is 1. The van der Waals surface area contributed by atoms with Crippen molar-refractivity contribution in [1.29, 1.82) is 5.41 Å². The second-order valence-electron chi connectivity index (χ2n) is 4.77. The van der Waals surface area contributed by atoms with Crippen LogP contribution in [0.3, 0.4) is 0 Å². The van der Waals surface area contributed by atoms with Gasteiger partial charge in [-0.25, -0.2) is 0 Å². The van der Waals surface area contributed by atoms with E-state index in [1.165, 1.54) is 24.3 Å². The molecule has 0 fully saturated rings. The van der Waals surface area contributed by atoms with E-state index in [4.69, 9.17) is 27.5 Å². The van der Waals surface area contributed by atoms with E-state index in [1.54, 1.807) is 12.1 Å². The predicted octanol–water partition coefficient (Wildman–Crippen LogP) is 4.45. The molecule has 10 heteroatoms. The number of hydrogen-bond acceptors (Lipinski definition) is 4. The maximum Gasteiger partial charge on any atom is 0.446 e. The predicted molar refractivity (Wildman–Crippen MR) is 93.7 cm³/mol. The summed E-state index contributed by atoms with van der Waals surface area (Å²) in [6.45, 7) is 0. The van der Waals surface area contributed by atoms with Gasteiger partial charge in [0.25, 0.3) is 11.9 Å². The fourth-order valence-corrected chi connectivity index (χ4v) is 2.42. The van der Waals surface area contributed by atoms with Gasteiger partial charge in [0.15, 0.2) is 0 Å². The Balaban J connectivity index is 2.02. The third kappa shape index (κ3) is 6.08. The summed E-state index contributed by atoms with van der Waals surface area (Å²) < 4.78 is 41.8. The monoisotopic (exact) mass is 401 g/mol. The van der Waals surface area contributed by atoms with Gasteiger partial charge < -0.3 is 10.5 Å². The quantitative estimate of drug-likeness (QED) is 0.452. The summed E-state index contributed by atoms with van der Waals surface area (Å²) in [6, 6.07) is 10.3. The number of carbonyl (C=O) groups excluding carboxylic acids is 1. The minimum atomic E-state index is -4.41. The number of aliphatic imine (C=N–C) groups is 1. The molecular weight excluding hydrogens is 391 g/mol. The van der Waals surface area contributed by atoms with Crippen molar-refractivity contribution < 1.29 is 22.7 Å². The molecule has 0 atom stereocenters. The normalized spacial score (nSPS) is 11.9. The topological polar surface area (TPSA) is 88.5 Å². The summed E-state index contributed by atoms with van der Waals surface area (Å²) in [5.41, 5.74) is 1.47. The van der Waals surface area contributed by atoms with Crippen molar-refractivity contribution in [2.75, 3.05) is 0 Å². The van der Waals surface area contributed by atoms with E-state index < -0.39 is 17.4 Å². The fourth-order valence-electron chi connectivity index (χ4n) is 1.75. The number of nitrogens with one attached hydrogen (secondary N) is 1. The van der Waals surface area contributed by atoms with E-state index in [0.29, 0.717) is 10.6 Å². The van der Waals surface area contributed by atoms with Crippen LogP contribution in [0.25, 0.3) is 0 Å². The molecule has 0 bridgehead atoms. The van der Waals surface area contributed by atoms with Crippen LogP contribution in [0.15, 0.2) is 58.4 Å². The van der Waals surface area contributed by atoms with Crippen LogP contribution in [0, 0.1) is 5.41 Å². The molecule has 0 aliphatic carbocycles. The Morgan fingerprint density at radius 3 is 2.15 bits per heavy atom. The first-order valence-corrected chi connectivity index (χ1v) is 8.10. The molecule has 5 nitrogen and oxygen atoms in total. The standard InChI is InChI=1S/C16H11ClF3N3O2S/c17-11-5-1-9(2-6-11)13(21)25-15(22)23-14(24)10-3-7-12(8-4-10)26-16(18,19)20/h1-8,21H,(H2,22,23,24). The highest BCUT2D eigenvalue weighted by Crippen LogP contribution is 2.36. The molecule has 0 aromatic heterocycles. The largest absolute Gasteiger partial charge is 0.446 e. The molecule has 0 spiro atoms. The van der Waals surface area contributed by atoms with Crippen molar-refractivity contribution in [2.24, 2.45) is 10.7 Å². The molecule has 2 aromatic rings. The SMILES string of the molecule is N=C(OC(N)=NC(=O)c1ccc(SC(F)(F)F)cc1)c1ccc(Cl)cc1. The lowest BCUT2D eigenvalue weighted by atomic mass is 10.2. The molecule has 0 saturated heterocycles. The first-order valence-electron chi connectivity index (χ1n) is 6.91. The Labute approximate surface area is 155 Å². The molecule has 0 saturated carbocycles. The Morgan fingerprint density at radius 2 is 1.62 bits per heavy atom. The molecule has 136 valence electrons. The molecule has 0 aliphatic rings. The zero-order valence-electron chi connectivity index (χ0n) is 12.9. The van der Waals surface area contributed by atoms with Crippen LogP contribution >= 0.6 is 23.4 Å². The molecule has 1 amide bonds. The number of rotatable bonds is 3. The molecule has 0 radical (unpaired) electrons. The maximum atomic E-state index is 12.3. The molecule has 26 heavy (non-hydrogen) atoms. The van der Waals surface area contributed by atoms with Crippen molar-refractivity contribution in [3.05, 3.63) is 64.7 Å². The molecule has 2 rings (SSSR count). The van der Waals surface area contributed by atoms with Crippen LogP contribution in [-0.4, -0.2) is 23.3 Å². The summed E-state index contributed by atoms with van der Waals surface area (Å²) >= 11 is 5.45. The van der Waals surface area contributed by atoms with Crippen molar-refractivity contribution in [3.8, 4) is 0 Å². The van der Waals surface area contributed by atoms with Crippen LogP contribution < -0.4 is 5.73 Å². The van der Waals surface area contributed by atoms with Crippen LogP contribution in [0.4, 0.5) is 13.2 Å². The number of benzene rings is 2. The number of amides is 1. The van der Waals surface area contributed by atoms with Crippen molar-refractivity contribution in [1.82, 2.24) is 0 Å². The van der Waals surface area contributed by atoms with Crippen molar-refractivity contribution in [3.63, 3.8) is 0 Å². The third-order valence-electron chi connectivity index (χ3n) is 2.86. The highest BCUT2D eigenvalue weighted by atomic mass is 35.5. The lowest BCUT2D eigenvalue weighted by molar-refractivity contribution is -0.0328. The van der Waals surface area contributed by atoms with E-state index >= 15 is 0 Å². The van der Waals surface area contributed by atoms with Gasteiger partial charge in [-0.2, -0.15) is 18.2 Å². The summed E-state index contributed by atoms with van der Waals surface area (Å²) in [5, 5.41) is 8.22. The Hall–Kier alpha value is -2.52. The van der Waals surface area contributed by atoms with Crippen LogP contribution in [0.5, 0.6) is 0 Å². The average Bonchev–Trinajstić information content (AvgIpc) is 2.54. The average molecular weight is 402 g/mol. The van der Waals surface area contributed by atoms with Gasteiger partial charge in [0.1, 0.15) is 0 Å². The number of hydrogen-bond donors (Lipinski definition) is 2. The molecule has 0 heterocycles. The summed E-state index contributed by atoms with van der Waals surface area (Å²) in [5.74, 6) is -1.15. The number of halogens is 4. The van der Waals surface area contributed by atoms with Gasteiger partial charge in [-0.15, -0.1) is 0 Å². The highest BCUT2D eigenvalue weighted by molar-refractivity contribution is 8.00. The first-order chi connectivity index (χ1) is 12.1. The fraction of sp³-hybridized carbons (Fsp3) is 0.0625. The summed E-state index contributed by atoms with van der Waals surface area (Å²) in [6.07, 6.45) is 0. The minimum Gasteiger partial charge on any atom is -0.407 e. The second-order valence-corrected chi connectivity index (χ2v) is 6.34. The minimum absolute atomic E-state index is 0.0288. The molecule has 2 aromatic carbocycles. The number of alkyl halides is 3. The highest BCUT2D eigenvalue weighted by Gasteiger charge is 2.29. The third-order valence-corrected chi connectivity index (χ3v) is 3.85. The molecule has 0 aliphatic heterocycles. The summed E-state index contributed by atoms with van der Waals surface area (Å²) in [7, 11) is 0. The Morgan fingerprint density at radius 1 is 1.08 bits per heavy atom. The van der Waals surface area contributed by atoms with Crippen LogP contribution in [-0.2, 0) is 4.74 Å². The van der Waals surface area contributed by atoms with E-state index in [0.717, 1.165) is 12.1 Å². The van der Waals surface area contributed by atoms with Gasteiger partial charge >= 0.3 is 5.51 Å². The van der Waals surface area contributed by atoms with Gasteiger partial charge in [-0.1, -0.05) is 11.6 Å². The van der Waals surface area contributed by atoms with Crippen molar-refractivity contribution >= 4 is 41.2 Å². The van der Waals surface area contributed by atoms with E-state index in [9.17, 15) is 18.0 Å². The number of ether oxygens (including phenoxy) is 1. The lowest BCUT2D eigenvalue weighted by Gasteiger charge is -2.06. The molecule has 0 unspecified atom stereocenters. The zero-order chi connectivity index (χ0) is 19.3. The van der Waals surface area contributed by atoms with Crippen molar-refractivity contribution in [2.45, 2.75) is 10.4 Å². The van der Waals surface area contributed by atoms with Gasteiger partial charge in [0, 0.05) is 21.0 Å². The molecule has 3 N–H and O–H groups in total. The Bertz CT molecular complexity index is 837. The Kier molecular flexibility index (Phi) is 6.27. The number of thioether (sulfide) groups is 1. The van der Waals surface area contributed by atoms with Gasteiger partial charge in [-0.3, -0.25) is 10.2 Å². The van der Waals surface area contributed by atoms with E-state index in [-0.39, 0.29) is 28.1 Å². The lowest BCUT2D eigenvalue weighted by Crippen LogP contribution is -2.22. The van der Waals surface area contributed by atoms with E-state index in [1.807, 2.05) is 0 Å². The van der Waals surface area contributed by atoms with Gasteiger partial charge in [-0.05, 0) is 60.3 Å². The zero-order valence-corrected chi connectivity index (χ0v) is 14.5. The smallest absolute Gasteiger partial charge is 0.407 e. The van der Waals surface area contributed by atoms with Gasteiger partial charge in [0.05, 0.1) is 0 Å². The second kappa shape index (κ2) is 8.24. The molecular formula is C16H11ClF3N3O2S. The number of amidine groups is 1. The van der Waals surface area contributed by atoms with Crippen LogP contribution in [0.1, 0.15) is 15.9 Å². The van der Waals surface area contributed by atoms with E-state index in [2.05, 4.69) is 4.99 Å².